The average Bonchev–Trinajstić information content (AvgIpc) is 3.02. The van der Waals surface area contributed by atoms with E-state index in [0.717, 1.165) is 29.6 Å². The zero-order chi connectivity index (χ0) is 20.8. The fourth-order valence-electron chi connectivity index (χ4n) is 2.15. The normalized spacial score (nSPS) is 19.4. The van der Waals surface area contributed by atoms with Gasteiger partial charge in [-0.15, -0.1) is 11.8 Å². The Morgan fingerprint density at radius 1 is 1.41 bits per heavy atom. The molecule has 4 nitrogen and oxygen atoms in total. The van der Waals surface area contributed by atoms with Gasteiger partial charge >= 0.3 is 0 Å². The third-order valence-electron chi connectivity index (χ3n) is 3.72. The van der Waals surface area contributed by atoms with Crippen molar-refractivity contribution >= 4 is 31.1 Å². The number of thioether (sulfide) groups is 1. The maximum atomic E-state index is 13.6. The summed E-state index contributed by atoms with van der Waals surface area (Å²) in [6.45, 7) is 16.8. The van der Waals surface area contributed by atoms with E-state index in [4.69, 9.17) is 0 Å². The fraction of sp³-hybridized carbons (Fsp3) is 0.381. The molecule has 1 atom stereocenters. The van der Waals surface area contributed by atoms with Crippen LogP contribution in [0, 0.1) is 5.92 Å². The second-order valence-electron chi connectivity index (χ2n) is 5.60. The van der Waals surface area contributed by atoms with Gasteiger partial charge in [0.15, 0.2) is 6.29 Å². The molecule has 0 aromatic carbocycles. The van der Waals surface area contributed by atoms with Crippen LogP contribution in [0.25, 0.3) is 0 Å². The molecule has 1 aliphatic carbocycles. The molecule has 0 saturated carbocycles. The second kappa shape index (κ2) is 13.9. The van der Waals surface area contributed by atoms with Gasteiger partial charge in [-0.25, -0.2) is 9.38 Å². The zero-order valence-electron chi connectivity index (χ0n) is 16.9. The zero-order valence-corrected chi connectivity index (χ0v) is 17.7. The molecule has 27 heavy (non-hydrogen) atoms. The molecule has 0 amide bonds. The minimum absolute atomic E-state index is 0.178. The van der Waals surface area contributed by atoms with Gasteiger partial charge in [0.25, 0.3) is 0 Å². The number of nitrogens with zero attached hydrogens (tertiary/aromatic N) is 2. The summed E-state index contributed by atoms with van der Waals surface area (Å²) in [4.78, 5) is 19.1. The van der Waals surface area contributed by atoms with E-state index < -0.39 is 0 Å². The van der Waals surface area contributed by atoms with Crippen LogP contribution in [0.4, 0.5) is 4.39 Å². The lowest BCUT2D eigenvalue weighted by atomic mass is 9.92. The number of carbonyl (C=O) groups is 1. The number of hydrogen-bond acceptors (Lipinski definition) is 4. The molecule has 6 heteroatoms. The second-order valence-corrected chi connectivity index (χ2v) is 6.61. The molecule has 0 radical (unpaired) electrons. The van der Waals surface area contributed by atoms with Crippen molar-refractivity contribution in [3.8, 4) is 0 Å². The van der Waals surface area contributed by atoms with Crippen LogP contribution in [0.3, 0.4) is 0 Å². The lowest BCUT2D eigenvalue weighted by molar-refractivity contribution is -0.104. The number of halogens is 1. The summed E-state index contributed by atoms with van der Waals surface area (Å²) in [7, 11) is 0. The van der Waals surface area contributed by atoms with E-state index >= 15 is 0 Å². The summed E-state index contributed by atoms with van der Waals surface area (Å²) in [6.07, 6.45) is 8.01. The van der Waals surface area contributed by atoms with Crippen LogP contribution >= 0.6 is 11.8 Å². The third-order valence-corrected chi connectivity index (χ3v) is 4.81. The molecule has 0 saturated heterocycles. The van der Waals surface area contributed by atoms with Crippen molar-refractivity contribution in [3.63, 3.8) is 0 Å². The quantitative estimate of drug-likeness (QED) is 0.370. The van der Waals surface area contributed by atoms with Crippen molar-refractivity contribution < 1.29 is 9.18 Å². The van der Waals surface area contributed by atoms with Gasteiger partial charge in [0, 0.05) is 17.6 Å². The van der Waals surface area contributed by atoms with E-state index in [0.29, 0.717) is 16.4 Å². The van der Waals surface area contributed by atoms with Crippen LogP contribution in [0.15, 0.2) is 68.2 Å². The highest BCUT2D eigenvalue weighted by Crippen LogP contribution is 2.33. The Labute approximate surface area is 166 Å². The van der Waals surface area contributed by atoms with Crippen LogP contribution in [0.2, 0.25) is 0 Å². The van der Waals surface area contributed by atoms with Gasteiger partial charge in [-0.1, -0.05) is 33.4 Å². The maximum absolute atomic E-state index is 13.6. The predicted molar refractivity (Wildman–Crippen MR) is 118 cm³/mol. The summed E-state index contributed by atoms with van der Waals surface area (Å²) < 4.78 is 13.6. The number of nitrogens with one attached hydrogen (secondary N) is 1. The van der Waals surface area contributed by atoms with Crippen molar-refractivity contribution in [1.82, 2.24) is 5.32 Å². The van der Waals surface area contributed by atoms with Crippen molar-refractivity contribution in [2.75, 3.05) is 5.75 Å². The standard InChI is InChI=1S/C15H17FN2OS.C4H7N.C2H6/c1-9-4-12(5-13(16)11(9)3)17-8-18-15-10(2)7-20-14(15)6-19;1-3-4-5-2;1-2/h5-6,8-9H,2,4,7H2,1,3H3,(H,17,18);3-4H,2H2,1H3;1-2H3/b;4-3-;. The molecule has 0 aromatic rings. The largest absolute Gasteiger partial charge is 0.350 e. The molecule has 0 fully saturated rings. The Bertz CT molecular complexity index is 688. The Kier molecular flexibility index (Phi) is 12.8. The van der Waals surface area contributed by atoms with Crippen molar-refractivity contribution in [3.05, 3.63) is 58.2 Å². The number of rotatable bonds is 5. The van der Waals surface area contributed by atoms with Crippen LogP contribution in [0.1, 0.15) is 41.0 Å². The van der Waals surface area contributed by atoms with Gasteiger partial charge in [0.05, 0.1) is 16.9 Å². The molecule has 0 spiro atoms. The Morgan fingerprint density at radius 3 is 2.56 bits per heavy atom. The lowest BCUT2D eigenvalue weighted by Gasteiger charge is -2.19. The van der Waals surface area contributed by atoms with Gasteiger partial charge in [0.2, 0.25) is 0 Å². The molecule has 2 aliphatic rings. The van der Waals surface area contributed by atoms with Gasteiger partial charge < -0.3 is 5.32 Å². The molecule has 1 N–H and O–H groups in total. The highest BCUT2D eigenvalue weighted by molar-refractivity contribution is 8.04. The highest BCUT2D eigenvalue weighted by atomic mass is 32.2. The van der Waals surface area contributed by atoms with Gasteiger partial charge in [-0.3, -0.25) is 9.79 Å². The topological polar surface area (TPSA) is 53.8 Å². The molecule has 0 aromatic heterocycles. The SMILES string of the molecule is C=C1CSC(C=O)=C1N=CNC1=CC(F)=C(C)C(C)C1.C=N/C=C\C.CC. The number of aliphatic imine (C=N–C) groups is 2. The van der Waals surface area contributed by atoms with Crippen molar-refractivity contribution in [1.29, 1.82) is 0 Å². The van der Waals surface area contributed by atoms with Crippen molar-refractivity contribution in [2.45, 2.75) is 41.0 Å². The van der Waals surface area contributed by atoms with E-state index in [2.05, 4.69) is 28.6 Å². The van der Waals surface area contributed by atoms with Crippen LogP contribution < -0.4 is 5.32 Å². The summed E-state index contributed by atoms with van der Waals surface area (Å²) in [5, 5.41) is 2.99. The number of aldehydes is 1. The van der Waals surface area contributed by atoms with E-state index in [-0.39, 0.29) is 11.7 Å². The van der Waals surface area contributed by atoms with E-state index in [9.17, 15) is 9.18 Å². The highest BCUT2D eigenvalue weighted by Gasteiger charge is 2.18. The van der Waals surface area contributed by atoms with Crippen molar-refractivity contribution in [2.24, 2.45) is 15.9 Å². The summed E-state index contributed by atoms with van der Waals surface area (Å²) in [6, 6.07) is 0. The summed E-state index contributed by atoms with van der Waals surface area (Å²) in [5.41, 5.74) is 3.02. The first kappa shape index (κ1) is 24.8. The molecular formula is C21H30FN3OS. The first-order valence-electron chi connectivity index (χ1n) is 8.87. The van der Waals surface area contributed by atoms with Gasteiger partial charge in [0.1, 0.15) is 5.83 Å². The minimum Gasteiger partial charge on any atom is -0.350 e. The van der Waals surface area contributed by atoms with E-state index in [1.807, 2.05) is 40.7 Å². The molecule has 148 valence electrons. The number of allylic oxidation sites excluding steroid dienone is 7. The summed E-state index contributed by atoms with van der Waals surface area (Å²) in [5.74, 6) is 0.683. The van der Waals surface area contributed by atoms with Crippen LogP contribution in [0.5, 0.6) is 0 Å². The molecule has 1 heterocycles. The lowest BCUT2D eigenvalue weighted by Crippen LogP contribution is -2.17. The van der Waals surface area contributed by atoms with E-state index in [1.54, 1.807) is 6.20 Å². The molecule has 0 bridgehead atoms. The molecule has 2 rings (SSSR count). The first-order chi connectivity index (χ1) is 12.9. The third kappa shape index (κ3) is 8.35. The molecule has 1 unspecified atom stereocenters. The monoisotopic (exact) mass is 391 g/mol. The van der Waals surface area contributed by atoms with Crippen LogP contribution in [-0.2, 0) is 4.79 Å². The summed E-state index contributed by atoms with van der Waals surface area (Å²) >= 11 is 1.43. The molecular weight excluding hydrogens is 361 g/mol. The maximum Gasteiger partial charge on any atom is 0.158 e. The average molecular weight is 392 g/mol. The van der Waals surface area contributed by atoms with Crippen LogP contribution in [-0.4, -0.2) is 25.1 Å². The Balaban J connectivity index is 0.000000838. The Hall–Kier alpha value is -2.21. The van der Waals surface area contributed by atoms with Gasteiger partial charge in [-0.05, 0) is 50.1 Å². The van der Waals surface area contributed by atoms with E-state index in [1.165, 1.54) is 24.2 Å². The fourth-order valence-corrected chi connectivity index (χ4v) is 3.02. The number of hydrogen-bond donors (Lipinski definition) is 1. The minimum atomic E-state index is -0.187. The first-order valence-corrected chi connectivity index (χ1v) is 9.86. The number of carbonyl (C=O) groups excluding carboxylic acids is 1. The predicted octanol–water partition coefficient (Wildman–Crippen LogP) is 5.73. The smallest absolute Gasteiger partial charge is 0.158 e. The molecule has 1 aliphatic heterocycles. The Morgan fingerprint density at radius 2 is 2.07 bits per heavy atom. The van der Waals surface area contributed by atoms with Gasteiger partial charge in [-0.2, -0.15) is 0 Å².